The Labute approximate surface area is 71.2 Å². The van der Waals surface area contributed by atoms with Gasteiger partial charge in [0, 0.05) is 6.42 Å². The second-order valence-electron chi connectivity index (χ2n) is 3.05. The van der Waals surface area contributed by atoms with Gasteiger partial charge < -0.3 is 4.74 Å². The smallest absolute Gasteiger partial charge is 0.338 e. The first-order valence-electron chi connectivity index (χ1n) is 4.04. The molecule has 0 unspecified atom stereocenters. The highest BCUT2D eigenvalue weighted by Crippen LogP contribution is 2.17. The number of fused-ring (bicyclic) bond motifs is 1. The molecule has 0 saturated carbocycles. The van der Waals surface area contributed by atoms with Gasteiger partial charge in [-0.15, -0.1) is 0 Å². The summed E-state index contributed by atoms with van der Waals surface area (Å²) in [6.45, 7) is 2.50. The van der Waals surface area contributed by atoms with E-state index in [0.717, 1.165) is 23.1 Å². The minimum Gasteiger partial charge on any atom is -0.462 e. The Morgan fingerprint density at radius 1 is 1.42 bits per heavy atom. The monoisotopic (exact) mass is 162 g/mol. The predicted molar refractivity (Wildman–Crippen MR) is 45.2 cm³/mol. The van der Waals surface area contributed by atoms with Crippen LogP contribution >= 0.6 is 0 Å². The van der Waals surface area contributed by atoms with Gasteiger partial charge in [-0.2, -0.15) is 0 Å². The molecule has 1 aromatic rings. The molecule has 2 rings (SSSR count). The number of benzene rings is 1. The van der Waals surface area contributed by atoms with E-state index < -0.39 is 0 Å². The fraction of sp³-hybridized carbons (Fsp3) is 0.300. The van der Waals surface area contributed by atoms with Crippen LogP contribution in [0.1, 0.15) is 21.5 Å². The summed E-state index contributed by atoms with van der Waals surface area (Å²) >= 11 is 0. The lowest BCUT2D eigenvalue weighted by Crippen LogP contribution is -2.17. The molecule has 0 spiro atoms. The number of aryl methyl sites for hydroxylation is 1. The Kier molecular flexibility index (Phi) is 1.61. The lowest BCUT2D eigenvalue weighted by atomic mass is 10.0. The number of esters is 1. The Morgan fingerprint density at radius 2 is 2.25 bits per heavy atom. The molecule has 0 aromatic heterocycles. The lowest BCUT2D eigenvalue weighted by Gasteiger charge is -2.15. The molecule has 0 atom stereocenters. The Hall–Kier alpha value is -1.31. The van der Waals surface area contributed by atoms with E-state index in [1.165, 1.54) is 0 Å². The SMILES string of the molecule is Cc1ccc2c(c1)C(=O)OCC2. The number of ether oxygens (including phenoxy) is 1. The number of rotatable bonds is 0. The fourth-order valence-corrected chi connectivity index (χ4v) is 1.43. The average molecular weight is 162 g/mol. The number of carbonyl (C=O) groups is 1. The first kappa shape index (κ1) is 7.35. The summed E-state index contributed by atoms with van der Waals surface area (Å²) in [5.74, 6) is -0.181. The summed E-state index contributed by atoms with van der Waals surface area (Å²) in [7, 11) is 0. The summed E-state index contributed by atoms with van der Waals surface area (Å²) in [6.07, 6.45) is 0.849. The van der Waals surface area contributed by atoms with Gasteiger partial charge in [-0.25, -0.2) is 4.79 Å². The zero-order chi connectivity index (χ0) is 8.55. The van der Waals surface area contributed by atoms with Gasteiger partial charge in [-0.1, -0.05) is 17.7 Å². The second kappa shape index (κ2) is 2.63. The highest BCUT2D eigenvalue weighted by atomic mass is 16.5. The van der Waals surface area contributed by atoms with E-state index in [9.17, 15) is 4.79 Å². The molecule has 0 bridgehead atoms. The van der Waals surface area contributed by atoms with E-state index >= 15 is 0 Å². The maximum absolute atomic E-state index is 11.2. The van der Waals surface area contributed by atoms with Crippen molar-refractivity contribution in [3.8, 4) is 0 Å². The molecule has 1 aliphatic rings. The van der Waals surface area contributed by atoms with Crippen LogP contribution in [0, 0.1) is 6.92 Å². The van der Waals surface area contributed by atoms with Crippen LogP contribution in [0.2, 0.25) is 0 Å². The van der Waals surface area contributed by atoms with Crippen molar-refractivity contribution in [2.45, 2.75) is 13.3 Å². The summed E-state index contributed by atoms with van der Waals surface area (Å²) in [4.78, 5) is 11.2. The van der Waals surface area contributed by atoms with Crippen LogP contribution in [0.4, 0.5) is 0 Å². The van der Waals surface area contributed by atoms with Crippen molar-refractivity contribution in [1.82, 2.24) is 0 Å². The zero-order valence-electron chi connectivity index (χ0n) is 6.96. The molecule has 1 aliphatic heterocycles. The van der Waals surface area contributed by atoms with Crippen LogP contribution in [-0.2, 0) is 11.2 Å². The van der Waals surface area contributed by atoms with Gasteiger partial charge in [0.25, 0.3) is 0 Å². The lowest BCUT2D eigenvalue weighted by molar-refractivity contribution is 0.0480. The van der Waals surface area contributed by atoms with Crippen LogP contribution in [-0.4, -0.2) is 12.6 Å². The fourth-order valence-electron chi connectivity index (χ4n) is 1.43. The van der Waals surface area contributed by atoms with Crippen molar-refractivity contribution >= 4 is 5.97 Å². The minimum absolute atomic E-state index is 0.181. The third-order valence-electron chi connectivity index (χ3n) is 2.09. The third kappa shape index (κ3) is 1.09. The van der Waals surface area contributed by atoms with Crippen LogP contribution in [0.15, 0.2) is 18.2 Å². The maximum atomic E-state index is 11.2. The van der Waals surface area contributed by atoms with Crippen molar-refractivity contribution in [3.05, 3.63) is 34.9 Å². The molecule has 0 radical (unpaired) electrons. The predicted octanol–water partition coefficient (Wildman–Crippen LogP) is 1.71. The van der Waals surface area contributed by atoms with Gasteiger partial charge in [-0.3, -0.25) is 0 Å². The molecule has 0 aliphatic carbocycles. The van der Waals surface area contributed by atoms with Crippen molar-refractivity contribution in [2.75, 3.05) is 6.61 Å². The van der Waals surface area contributed by atoms with E-state index in [0.29, 0.717) is 6.61 Å². The largest absolute Gasteiger partial charge is 0.462 e. The minimum atomic E-state index is -0.181. The molecular weight excluding hydrogens is 152 g/mol. The number of hydrogen-bond donors (Lipinski definition) is 0. The Morgan fingerprint density at radius 3 is 3.08 bits per heavy atom. The van der Waals surface area contributed by atoms with Gasteiger partial charge in [0.05, 0.1) is 12.2 Å². The number of cyclic esters (lactones) is 1. The van der Waals surface area contributed by atoms with Gasteiger partial charge in [0.15, 0.2) is 0 Å². The van der Waals surface area contributed by atoms with Gasteiger partial charge in [-0.05, 0) is 18.6 Å². The van der Waals surface area contributed by atoms with E-state index in [1.54, 1.807) is 0 Å². The highest BCUT2D eigenvalue weighted by Gasteiger charge is 2.17. The number of carbonyl (C=O) groups excluding carboxylic acids is 1. The molecule has 2 nitrogen and oxygen atoms in total. The summed E-state index contributed by atoms with van der Waals surface area (Å²) in [6, 6.07) is 5.92. The first-order chi connectivity index (χ1) is 5.77. The Balaban J connectivity index is 2.54. The molecule has 0 fully saturated rings. The van der Waals surface area contributed by atoms with E-state index in [1.807, 2.05) is 25.1 Å². The van der Waals surface area contributed by atoms with Gasteiger partial charge >= 0.3 is 5.97 Å². The zero-order valence-corrected chi connectivity index (χ0v) is 6.96. The van der Waals surface area contributed by atoms with Crippen molar-refractivity contribution in [1.29, 1.82) is 0 Å². The first-order valence-corrected chi connectivity index (χ1v) is 4.04. The second-order valence-corrected chi connectivity index (χ2v) is 3.05. The van der Waals surface area contributed by atoms with Gasteiger partial charge in [0.2, 0.25) is 0 Å². The van der Waals surface area contributed by atoms with Crippen molar-refractivity contribution < 1.29 is 9.53 Å². The van der Waals surface area contributed by atoms with Crippen LogP contribution < -0.4 is 0 Å². The van der Waals surface area contributed by atoms with Crippen LogP contribution in [0.25, 0.3) is 0 Å². The van der Waals surface area contributed by atoms with Crippen molar-refractivity contribution in [2.24, 2.45) is 0 Å². The Bertz CT molecular complexity index is 329. The van der Waals surface area contributed by atoms with Gasteiger partial charge in [0.1, 0.15) is 0 Å². The molecule has 1 heterocycles. The molecule has 0 amide bonds. The third-order valence-corrected chi connectivity index (χ3v) is 2.09. The summed E-state index contributed by atoms with van der Waals surface area (Å²) in [5, 5.41) is 0. The van der Waals surface area contributed by atoms with E-state index in [-0.39, 0.29) is 5.97 Å². The molecule has 62 valence electrons. The van der Waals surface area contributed by atoms with Crippen LogP contribution in [0.3, 0.4) is 0 Å². The maximum Gasteiger partial charge on any atom is 0.338 e. The topological polar surface area (TPSA) is 26.3 Å². The molecule has 12 heavy (non-hydrogen) atoms. The van der Waals surface area contributed by atoms with Crippen LogP contribution in [0.5, 0.6) is 0 Å². The average Bonchev–Trinajstić information content (AvgIpc) is 2.07. The molecule has 0 N–H and O–H groups in total. The molecule has 2 heteroatoms. The normalized spacial score (nSPS) is 15.2. The van der Waals surface area contributed by atoms with Crippen molar-refractivity contribution in [3.63, 3.8) is 0 Å². The standard InChI is InChI=1S/C10H10O2/c1-7-2-3-8-4-5-12-10(11)9(8)6-7/h2-3,6H,4-5H2,1H3. The summed E-state index contributed by atoms with van der Waals surface area (Å²) in [5.41, 5.74) is 2.95. The quantitative estimate of drug-likeness (QED) is 0.543. The highest BCUT2D eigenvalue weighted by molar-refractivity contribution is 5.92. The van der Waals surface area contributed by atoms with E-state index in [4.69, 9.17) is 4.74 Å². The molecule has 0 saturated heterocycles. The molecular formula is C10H10O2. The molecule has 1 aromatic carbocycles. The summed E-state index contributed by atoms with van der Waals surface area (Å²) < 4.78 is 4.92. The number of hydrogen-bond acceptors (Lipinski definition) is 2. The van der Waals surface area contributed by atoms with E-state index in [2.05, 4.69) is 0 Å².